The van der Waals surface area contributed by atoms with Gasteiger partial charge in [-0.05, 0) is 38.5 Å². The first-order valence-corrected chi connectivity index (χ1v) is 8.62. The predicted molar refractivity (Wildman–Crippen MR) is 79.0 cm³/mol. The summed E-state index contributed by atoms with van der Waals surface area (Å²) in [4.78, 5) is 0.0298. The SMILES string of the molecule is CCCC1CCC(NS(=O)(=O)C(C)C(N)=S)CC1. The molecule has 0 aromatic heterocycles. The van der Waals surface area contributed by atoms with Crippen molar-refractivity contribution in [2.45, 2.75) is 63.7 Å². The topological polar surface area (TPSA) is 72.2 Å². The van der Waals surface area contributed by atoms with Gasteiger partial charge in [-0.3, -0.25) is 0 Å². The minimum atomic E-state index is -3.41. The maximum absolute atomic E-state index is 12.0. The zero-order valence-electron chi connectivity index (χ0n) is 11.2. The molecule has 0 aliphatic heterocycles. The van der Waals surface area contributed by atoms with Crippen LogP contribution in [-0.4, -0.2) is 24.7 Å². The third-order valence-corrected chi connectivity index (χ3v) is 6.09. The third-order valence-electron chi connectivity index (χ3n) is 3.74. The van der Waals surface area contributed by atoms with Gasteiger partial charge >= 0.3 is 0 Å². The van der Waals surface area contributed by atoms with Crippen molar-refractivity contribution in [1.29, 1.82) is 0 Å². The summed E-state index contributed by atoms with van der Waals surface area (Å²) in [5, 5.41) is -0.791. The number of rotatable bonds is 6. The van der Waals surface area contributed by atoms with Crippen LogP contribution < -0.4 is 10.5 Å². The molecule has 0 heterocycles. The number of nitrogens with two attached hydrogens (primary N) is 1. The van der Waals surface area contributed by atoms with Crippen LogP contribution in [0.5, 0.6) is 0 Å². The van der Waals surface area contributed by atoms with Gasteiger partial charge in [0.05, 0.1) is 4.99 Å². The van der Waals surface area contributed by atoms with E-state index in [-0.39, 0.29) is 11.0 Å². The second kappa shape index (κ2) is 6.82. The second-order valence-corrected chi connectivity index (χ2v) is 7.72. The van der Waals surface area contributed by atoms with E-state index in [4.69, 9.17) is 18.0 Å². The average molecular weight is 292 g/mol. The zero-order chi connectivity index (χ0) is 13.8. The Bertz CT molecular complexity index is 374. The van der Waals surface area contributed by atoms with E-state index in [1.54, 1.807) is 0 Å². The van der Waals surface area contributed by atoms with Crippen LogP contribution in [0.15, 0.2) is 0 Å². The maximum atomic E-state index is 12.0. The second-order valence-electron chi connectivity index (χ2n) is 5.21. The van der Waals surface area contributed by atoms with Crippen LogP contribution in [0.4, 0.5) is 0 Å². The molecule has 1 atom stereocenters. The van der Waals surface area contributed by atoms with Gasteiger partial charge < -0.3 is 5.73 Å². The van der Waals surface area contributed by atoms with E-state index >= 15 is 0 Å². The van der Waals surface area contributed by atoms with Crippen molar-refractivity contribution >= 4 is 27.2 Å². The van der Waals surface area contributed by atoms with E-state index in [0.29, 0.717) is 0 Å². The fourth-order valence-electron chi connectivity index (χ4n) is 2.46. The van der Waals surface area contributed by atoms with Gasteiger partial charge in [0.25, 0.3) is 0 Å². The highest BCUT2D eigenvalue weighted by Gasteiger charge is 2.28. The molecule has 3 N–H and O–H groups in total. The molecule has 18 heavy (non-hydrogen) atoms. The molecular formula is C12H24N2O2S2. The Labute approximate surface area is 116 Å². The van der Waals surface area contributed by atoms with Crippen molar-refractivity contribution in [3.63, 3.8) is 0 Å². The molecule has 1 saturated carbocycles. The van der Waals surface area contributed by atoms with Crippen molar-refractivity contribution < 1.29 is 8.42 Å². The quantitative estimate of drug-likeness (QED) is 0.734. The first-order chi connectivity index (χ1) is 8.36. The van der Waals surface area contributed by atoms with E-state index < -0.39 is 15.3 Å². The van der Waals surface area contributed by atoms with Crippen LogP contribution in [0.2, 0.25) is 0 Å². The van der Waals surface area contributed by atoms with E-state index in [1.807, 2.05) is 0 Å². The van der Waals surface area contributed by atoms with Crippen molar-refractivity contribution in [3.05, 3.63) is 0 Å². The van der Waals surface area contributed by atoms with Gasteiger partial charge in [-0.15, -0.1) is 0 Å². The molecule has 6 heteroatoms. The van der Waals surface area contributed by atoms with Gasteiger partial charge in [-0.25, -0.2) is 13.1 Å². The van der Waals surface area contributed by atoms with Gasteiger partial charge in [-0.1, -0.05) is 32.0 Å². The Morgan fingerprint density at radius 3 is 2.39 bits per heavy atom. The van der Waals surface area contributed by atoms with Crippen molar-refractivity contribution in [2.24, 2.45) is 11.7 Å². The van der Waals surface area contributed by atoms with E-state index in [1.165, 1.54) is 19.8 Å². The van der Waals surface area contributed by atoms with Crippen molar-refractivity contribution in [1.82, 2.24) is 4.72 Å². The van der Waals surface area contributed by atoms with Crippen molar-refractivity contribution in [3.8, 4) is 0 Å². The molecule has 0 amide bonds. The minimum absolute atomic E-state index is 0.0298. The molecule has 0 aromatic carbocycles. The van der Waals surface area contributed by atoms with Crippen LogP contribution >= 0.6 is 12.2 Å². The lowest BCUT2D eigenvalue weighted by molar-refractivity contribution is 0.297. The first kappa shape index (κ1) is 15.9. The molecule has 4 nitrogen and oxygen atoms in total. The fraction of sp³-hybridized carbons (Fsp3) is 0.917. The minimum Gasteiger partial charge on any atom is -0.392 e. The number of thiocarbonyl (C=S) groups is 1. The number of sulfonamides is 1. The summed E-state index contributed by atoms with van der Waals surface area (Å²) in [7, 11) is -3.41. The molecular weight excluding hydrogens is 268 g/mol. The van der Waals surface area contributed by atoms with Gasteiger partial charge in [0, 0.05) is 6.04 Å². The van der Waals surface area contributed by atoms with Crippen LogP contribution in [-0.2, 0) is 10.0 Å². The molecule has 1 rings (SSSR count). The largest absolute Gasteiger partial charge is 0.392 e. The van der Waals surface area contributed by atoms with E-state index in [2.05, 4.69) is 11.6 Å². The van der Waals surface area contributed by atoms with Gasteiger partial charge in [-0.2, -0.15) is 0 Å². The molecule has 1 aliphatic rings. The standard InChI is InChI=1S/C12H24N2O2S2/c1-3-4-10-5-7-11(8-6-10)14-18(15,16)9(2)12(13)17/h9-11,14H,3-8H2,1-2H3,(H2,13,17). The molecule has 106 valence electrons. The summed E-state index contributed by atoms with van der Waals surface area (Å²) >= 11 is 4.75. The highest BCUT2D eigenvalue weighted by atomic mass is 32.2. The summed E-state index contributed by atoms with van der Waals surface area (Å²) in [5.74, 6) is 0.767. The average Bonchev–Trinajstić information content (AvgIpc) is 2.30. The lowest BCUT2D eigenvalue weighted by atomic mass is 9.84. The number of hydrogen-bond donors (Lipinski definition) is 2. The van der Waals surface area contributed by atoms with Crippen LogP contribution in [0.1, 0.15) is 52.4 Å². The molecule has 1 fully saturated rings. The van der Waals surface area contributed by atoms with Gasteiger partial charge in [0.1, 0.15) is 5.25 Å². The summed E-state index contributed by atoms with van der Waals surface area (Å²) in [6.45, 7) is 3.73. The maximum Gasteiger partial charge on any atom is 0.220 e. The number of hydrogen-bond acceptors (Lipinski definition) is 3. The van der Waals surface area contributed by atoms with Gasteiger partial charge in [0.2, 0.25) is 10.0 Å². The molecule has 0 spiro atoms. The number of nitrogens with one attached hydrogen (secondary N) is 1. The summed E-state index contributed by atoms with van der Waals surface area (Å²) in [5.41, 5.74) is 5.40. The molecule has 0 bridgehead atoms. The van der Waals surface area contributed by atoms with E-state index in [9.17, 15) is 8.42 Å². The summed E-state index contributed by atoms with van der Waals surface area (Å²) in [6.07, 6.45) is 6.54. The monoisotopic (exact) mass is 292 g/mol. The fourth-order valence-corrected chi connectivity index (χ4v) is 4.05. The van der Waals surface area contributed by atoms with Crippen molar-refractivity contribution in [2.75, 3.05) is 0 Å². The predicted octanol–water partition coefficient (Wildman–Crippen LogP) is 1.94. The lowest BCUT2D eigenvalue weighted by Crippen LogP contribution is -2.45. The Kier molecular flexibility index (Phi) is 6.01. The van der Waals surface area contributed by atoms with Crippen LogP contribution in [0.25, 0.3) is 0 Å². The highest BCUT2D eigenvalue weighted by Crippen LogP contribution is 2.28. The van der Waals surface area contributed by atoms with Gasteiger partial charge in [0.15, 0.2) is 0 Å². The Hall–Kier alpha value is -0.200. The first-order valence-electron chi connectivity index (χ1n) is 6.67. The van der Waals surface area contributed by atoms with Crippen LogP contribution in [0, 0.1) is 5.92 Å². The smallest absolute Gasteiger partial charge is 0.220 e. The van der Waals surface area contributed by atoms with E-state index in [0.717, 1.165) is 31.6 Å². The molecule has 0 aromatic rings. The molecule has 1 unspecified atom stereocenters. The Morgan fingerprint density at radius 2 is 1.94 bits per heavy atom. The zero-order valence-corrected chi connectivity index (χ0v) is 12.8. The summed E-state index contributed by atoms with van der Waals surface area (Å²) < 4.78 is 26.7. The lowest BCUT2D eigenvalue weighted by Gasteiger charge is -2.29. The normalized spacial score (nSPS) is 26.8. The highest BCUT2D eigenvalue weighted by molar-refractivity contribution is 7.93. The molecule has 0 saturated heterocycles. The summed E-state index contributed by atoms with van der Waals surface area (Å²) in [6, 6.07) is 0.0555. The molecule has 0 radical (unpaired) electrons. The Morgan fingerprint density at radius 1 is 1.39 bits per heavy atom. The van der Waals surface area contributed by atoms with Crippen LogP contribution in [0.3, 0.4) is 0 Å². The molecule has 1 aliphatic carbocycles. The third kappa shape index (κ3) is 4.48. The Balaban J connectivity index is 2.48.